The van der Waals surface area contributed by atoms with Crippen molar-refractivity contribution in [2.45, 2.75) is 31.0 Å². The first-order valence-corrected chi connectivity index (χ1v) is 11.7. The molecular formula is C23H24N2O6S. The Morgan fingerprint density at radius 2 is 1.81 bits per heavy atom. The number of rotatable bonds is 6. The van der Waals surface area contributed by atoms with Gasteiger partial charge in [0.05, 0.1) is 22.7 Å². The van der Waals surface area contributed by atoms with Crippen LogP contribution in [-0.2, 0) is 19.5 Å². The van der Waals surface area contributed by atoms with E-state index < -0.39 is 22.6 Å². The fraction of sp³-hybridized carbons (Fsp3) is 0.304. The number of esters is 1. The van der Waals surface area contributed by atoms with E-state index in [-0.39, 0.29) is 41.5 Å². The van der Waals surface area contributed by atoms with Crippen molar-refractivity contribution in [3.05, 3.63) is 65.9 Å². The summed E-state index contributed by atoms with van der Waals surface area (Å²) in [6, 6.07) is 13.0. The zero-order valence-corrected chi connectivity index (χ0v) is 18.6. The molecule has 2 heterocycles. The fourth-order valence-corrected chi connectivity index (χ4v) is 5.49. The molecule has 0 spiro atoms. The second kappa shape index (κ2) is 8.85. The monoisotopic (exact) mass is 456 g/mol. The second-order valence-corrected chi connectivity index (χ2v) is 9.79. The topological polar surface area (TPSA) is 106 Å². The SMILES string of the molecule is CC1CN(S(=O)(=O)c2cccc(C(=O)OCC(=O)c3c[nH]c4ccccc34)c2)CC(C)O1. The van der Waals surface area contributed by atoms with Crippen LogP contribution in [0.1, 0.15) is 34.6 Å². The molecule has 0 radical (unpaired) electrons. The van der Waals surface area contributed by atoms with E-state index in [9.17, 15) is 18.0 Å². The Labute approximate surface area is 186 Å². The highest BCUT2D eigenvalue weighted by atomic mass is 32.2. The number of carbonyl (C=O) groups is 2. The van der Waals surface area contributed by atoms with Crippen molar-refractivity contribution in [3.8, 4) is 0 Å². The van der Waals surface area contributed by atoms with Crippen molar-refractivity contribution in [3.63, 3.8) is 0 Å². The van der Waals surface area contributed by atoms with Crippen LogP contribution in [0, 0.1) is 0 Å². The van der Waals surface area contributed by atoms with Crippen LogP contribution < -0.4 is 0 Å². The predicted molar refractivity (Wildman–Crippen MR) is 118 cm³/mol. The third-order valence-corrected chi connectivity index (χ3v) is 7.15. The van der Waals surface area contributed by atoms with E-state index >= 15 is 0 Å². The van der Waals surface area contributed by atoms with Gasteiger partial charge in [0.25, 0.3) is 0 Å². The Bertz CT molecular complexity index is 1260. The number of hydrogen-bond donors (Lipinski definition) is 1. The van der Waals surface area contributed by atoms with Crippen molar-refractivity contribution in [2.75, 3.05) is 19.7 Å². The van der Waals surface area contributed by atoms with E-state index in [0.717, 1.165) is 10.9 Å². The molecule has 2 aromatic carbocycles. The summed E-state index contributed by atoms with van der Waals surface area (Å²) in [4.78, 5) is 28.1. The first kappa shape index (κ1) is 22.2. The predicted octanol–water partition coefficient (Wildman–Crippen LogP) is 3.01. The van der Waals surface area contributed by atoms with Gasteiger partial charge < -0.3 is 14.5 Å². The summed E-state index contributed by atoms with van der Waals surface area (Å²) in [6.45, 7) is 3.66. The van der Waals surface area contributed by atoms with Crippen molar-refractivity contribution < 1.29 is 27.5 Å². The number of aromatic amines is 1. The van der Waals surface area contributed by atoms with E-state index in [1.807, 2.05) is 38.1 Å². The molecule has 0 saturated carbocycles. The summed E-state index contributed by atoms with van der Waals surface area (Å²) in [5.41, 5.74) is 1.30. The molecule has 32 heavy (non-hydrogen) atoms. The van der Waals surface area contributed by atoms with Crippen molar-refractivity contribution in [2.24, 2.45) is 0 Å². The number of nitrogens with zero attached hydrogens (tertiary/aromatic N) is 1. The van der Waals surface area contributed by atoms with E-state index in [1.165, 1.54) is 28.6 Å². The van der Waals surface area contributed by atoms with Crippen LogP contribution in [0.25, 0.3) is 10.9 Å². The maximum Gasteiger partial charge on any atom is 0.338 e. The lowest BCUT2D eigenvalue weighted by molar-refractivity contribution is -0.0440. The van der Waals surface area contributed by atoms with Crippen molar-refractivity contribution in [1.29, 1.82) is 0 Å². The minimum absolute atomic E-state index is 0.00351. The number of fused-ring (bicyclic) bond motifs is 1. The molecule has 0 bridgehead atoms. The number of Topliss-reactive ketones (excluding diaryl/α,β-unsaturated/α-hetero) is 1. The Morgan fingerprint density at radius 1 is 1.09 bits per heavy atom. The quantitative estimate of drug-likeness (QED) is 0.452. The summed E-state index contributed by atoms with van der Waals surface area (Å²) in [6.07, 6.45) is 1.13. The lowest BCUT2D eigenvalue weighted by Crippen LogP contribution is -2.48. The molecule has 4 rings (SSSR count). The first-order chi connectivity index (χ1) is 15.3. The molecule has 2 atom stereocenters. The Kier molecular flexibility index (Phi) is 6.14. The fourth-order valence-electron chi connectivity index (χ4n) is 3.85. The first-order valence-electron chi connectivity index (χ1n) is 10.3. The minimum Gasteiger partial charge on any atom is -0.454 e. The molecule has 1 aliphatic rings. The molecule has 1 fully saturated rings. The molecule has 168 valence electrons. The van der Waals surface area contributed by atoms with E-state index in [0.29, 0.717) is 5.56 Å². The molecule has 1 aromatic heterocycles. The summed E-state index contributed by atoms with van der Waals surface area (Å²) >= 11 is 0. The van der Waals surface area contributed by atoms with Gasteiger partial charge in [-0.2, -0.15) is 4.31 Å². The highest BCUT2D eigenvalue weighted by Gasteiger charge is 2.32. The van der Waals surface area contributed by atoms with Gasteiger partial charge in [-0.25, -0.2) is 13.2 Å². The number of para-hydroxylation sites is 1. The van der Waals surface area contributed by atoms with Crippen LogP contribution in [0.2, 0.25) is 0 Å². The van der Waals surface area contributed by atoms with Gasteiger partial charge in [-0.1, -0.05) is 24.3 Å². The summed E-state index contributed by atoms with van der Waals surface area (Å²) in [5, 5.41) is 0.746. The number of sulfonamides is 1. The molecule has 3 aromatic rings. The van der Waals surface area contributed by atoms with Crippen LogP contribution in [0.15, 0.2) is 59.6 Å². The Morgan fingerprint density at radius 3 is 2.56 bits per heavy atom. The summed E-state index contributed by atoms with van der Waals surface area (Å²) in [7, 11) is -3.80. The van der Waals surface area contributed by atoms with Gasteiger partial charge in [-0.05, 0) is 38.1 Å². The number of carbonyl (C=O) groups excluding carboxylic acids is 2. The molecular weight excluding hydrogens is 432 g/mol. The molecule has 1 saturated heterocycles. The van der Waals surface area contributed by atoms with E-state index in [2.05, 4.69) is 4.98 Å². The average molecular weight is 457 g/mol. The zero-order valence-electron chi connectivity index (χ0n) is 17.8. The molecule has 0 amide bonds. The number of aromatic nitrogens is 1. The molecule has 1 N–H and O–H groups in total. The molecule has 8 nitrogen and oxygen atoms in total. The number of benzene rings is 2. The number of hydrogen-bond acceptors (Lipinski definition) is 6. The molecule has 9 heteroatoms. The molecule has 1 aliphatic heterocycles. The van der Waals surface area contributed by atoms with Gasteiger partial charge in [0.15, 0.2) is 6.61 Å². The second-order valence-electron chi connectivity index (χ2n) is 7.85. The third kappa shape index (κ3) is 4.45. The van der Waals surface area contributed by atoms with E-state index in [1.54, 1.807) is 6.20 Å². The standard InChI is InChI=1S/C23H24N2O6S/c1-15-12-25(13-16(2)31-15)32(28,29)18-7-5-6-17(10-18)23(27)30-14-22(26)20-11-24-21-9-4-3-8-19(20)21/h3-11,15-16,24H,12-14H2,1-2H3. The van der Waals surface area contributed by atoms with Gasteiger partial charge in [-0.3, -0.25) is 4.79 Å². The Hall–Kier alpha value is -3.01. The van der Waals surface area contributed by atoms with Crippen LogP contribution >= 0.6 is 0 Å². The lowest BCUT2D eigenvalue weighted by Gasteiger charge is -2.34. The number of ether oxygens (including phenoxy) is 2. The maximum absolute atomic E-state index is 13.1. The smallest absolute Gasteiger partial charge is 0.338 e. The van der Waals surface area contributed by atoms with Crippen molar-refractivity contribution >= 4 is 32.7 Å². The van der Waals surface area contributed by atoms with Gasteiger partial charge >= 0.3 is 5.97 Å². The number of morpholine rings is 1. The molecule has 0 aliphatic carbocycles. The van der Waals surface area contributed by atoms with Crippen LogP contribution in [0.3, 0.4) is 0 Å². The highest BCUT2D eigenvalue weighted by molar-refractivity contribution is 7.89. The number of nitrogens with one attached hydrogen (secondary N) is 1. The van der Waals surface area contributed by atoms with Gasteiger partial charge in [-0.15, -0.1) is 0 Å². The zero-order chi connectivity index (χ0) is 22.9. The van der Waals surface area contributed by atoms with Crippen molar-refractivity contribution in [1.82, 2.24) is 9.29 Å². The normalized spacial score (nSPS) is 19.7. The largest absolute Gasteiger partial charge is 0.454 e. The van der Waals surface area contributed by atoms with Gasteiger partial charge in [0.2, 0.25) is 15.8 Å². The van der Waals surface area contributed by atoms with Crippen LogP contribution in [0.5, 0.6) is 0 Å². The summed E-state index contributed by atoms with van der Waals surface area (Å²) < 4.78 is 38.3. The average Bonchev–Trinajstić information content (AvgIpc) is 3.21. The Balaban J connectivity index is 1.47. The van der Waals surface area contributed by atoms with E-state index in [4.69, 9.17) is 9.47 Å². The minimum atomic E-state index is -3.80. The molecule has 2 unspecified atom stereocenters. The third-order valence-electron chi connectivity index (χ3n) is 5.32. The van der Waals surface area contributed by atoms with Crippen LogP contribution in [0.4, 0.5) is 0 Å². The lowest BCUT2D eigenvalue weighted by atomic mass is 10.1. The van der Waals surface area contributed by atoms with Gasteiger partial charge in [0.1, 0.15) is 0 Å². The van der Waals surface area contributed by atoms with Crippen LogP contribution in [-0.4, -0.2) is 61.4 Å². The maximum atomic E-state index is 13.1. The number of H-pyrrole nitrogens is 1. The van der Waals surface area contributed by atoms with Gasteiger partial charge in [0, 0.05) is 35.8 Å². The number of ketones is 1. The summed E-state index contributed by atoms with van der Waals surface area (Å²) in [5.74, 6) is -1.12. The highest BCUT2D eigenvalue weighted by Crippen LogP contribution is 2.22.